The van der Waals surface area contributed by atoms with Gasteiger partial charge in [0.05, 0.1) is 0 Å². The van der Waals surface area contributed by atoms with Gasteiger partial charge in [-0.05, 0) is 44.4 Å². The largest absolute Gasteiger partial charge is 0.354 e. The second-order valence-electron chi connectivity index (χ2n) is 7.89. The maximum absolute atomic E-state index is 12.6. The van der Waals surface area contributed by atoms with Gasteiger partial charge in [0, 0.05) is 19.1 Å². The normalized spacial score (nSPS) is 26.3. The SMILES string of the molecule is O=C(NCC1CCCCC1)[C@H]1CCCN1C(=O)NC1CCCCC1. The molecule has 3 fully saturated rings. The highest BCUT2D eigenvalue weighted by Crippen LogP contribution is 2.24. The zero-order chi connectivity index (χ0) is 16.8. The van der Waals surface area contributed by atoms with Crippen LogP contribution < -0.4 is 10.6 Å². The number of hydrogen-bond acceptors (Lipinski definition) is 2. The van der Waals surface area contributed by atoms with Gasteiger partial charge in [-0.1, -0.05) is 38.5 Å². The zero-order valence-corrected chi connectivity index (χ0v) is 14.9. The Morgan fingerprint density at radius 1 is 0.833 bits per heavy atom. The predicted octanol–water partition coefficient (Wildman–Crippen LogP) is 3.19. The first kappa shape index (κ1) is 17.6. The van der Waals surface area contributed by atoms with Crippen molar-refractivity contribution in [3.05, 3.63) is 0 Å². The minimum atomic E-state index is -0.266. The molecule has 2 aliphatic carbocycles. The van der Waals surface area contributed by atoms with Crippen molar-refractivity contribution in [1.29, 1.82) is 0 Å². The van der Waals surface area contributed by atoms with E-state index in [2.05, 4.69) is 10.6 Å². The Morgan fingerprint density at radius 2 is 1.50 bits per heavy atom. The molecule has 2 N–H and O–H groups in total. The Bertz CT molecular complexity index is 428. The smallest absolute Gasteiger partial charge is 0.318 e. The third-order valence-corrected chi connectivity index (χ3v) is 6.04. The average molecular weight is 335 g/mol. The summed E-state index contributed by atoms with van der Waals surface area (Å²) < 4.78 is 0. The van der Waals surface area contributed by atoms with Crippen molar-refractivity contribution < 1.29 is 9.59 Å². The standard InChI is InChI=1S/C19H33N3O2/c23-18(20-14-15-8-3-1-4-9-15)17-12-7-13-22(17)19(24)21-16-10-5-2-6-11-16/h15-17H,1-14H2,(H,20,23)(H,21,24)/t17-/m1/s1. The number of likely N-dealkylation sites (tertiary alicyclic amines) is 1. The van der Waals surface area contributed by atoms with Crippen LogP contribution in [0.3, 0.4) is 0 Å². The monoisotopic (exact) mass is 335 g/mol. The number of nitrogens with one attached hydrogen (secondary N) is 2. The van der Waals surface area contributed by atoms with Crippen LogP contribution in [0.5, 0.6) is 0 Å². The number of carbonyl (C=O) groups is 2. The van der Waals surface area contributed by atoms with Crippen LogP contribution in [0, 0.1) is 5.92 Å². The first-order chi connectivity index (χ1) is 11.7. The molecule has 1 heterocycles. The molecule has 0 spiro atoms. The summed E-state index contributed by atoms with van der Waals surface area (Å²) in [6.45, 7) is 1.49. The molecule has 0 aromatic heterocycles. The zero-order valence-electron chi connectivity index (χ0n) is 14.9. The molecule has 5 heteroatoms. The van der Waals surface area contributed by atoms with Gasteiger partial charge in [-0.3, -0.25) is 4.79 Å². The van der Waals surface area contributed by atoms with E-state index in [0.29, 0.717) is 18.5 Å². The van der Waals surface area contributed by atoms with Gasteiger partial charge in [0.1, 0.15) is 6.04 Å². The molecule has 136 valence electrons. The van der Waals surface area contributed by atoms with Crippen LogP contribution in [-0.4, -0.2) is 42.0 Å². The third-order valence-electron chi connectivity index (χ3n) is 6.04. The average Bonchev–Trinajstić information content (AvgIpc) is 3.11. The van der Waals surface area contributed by atoms with E-state index in [1.807, 2.05) is 0 Å². The molecule has 3 rings (SSSR count). The molecule has 0 radical (unpaired) electrons. The van der Waals surface area contributed by atoms with E-state index in [1.54, 1.807) is 4.90 Å². The maximum atomic E-state index is 12.6. The lowest BCUT2D eigenvalue weighted by molar-refractivity contribution is -0.124. The summed E-state index contributed by atoms with van der Waals surface area (Å²) in [5.41, 5.74) is 0. The number of urea groups is 1. The highest BCUT2D eigenvalue weighted by Gasteiger charge is 2.35. The van der Waals surface area contributed by atoms with Crippen LogP contribution in [0.4, 0.5) is 4.79 Å². The fourth-order valence-corrected chi connectivity index (χ4v) is 4.54. The predicted molar refractivity (Wildman–Crippen MR) is 94.7 cm³/mol. The molecule has 3 amide bonds. The Morgan fingerprint density at radius 3 is 2.21 bits per heavy atom. The first-order valence-electron chi connectivity index (χ1n) is 10.1. The van der Waals surface area contributed by atoms with Crippen LogP contribution in [0.15, 0.2) is 0 Å². The van der Waals surface area contributed by atoms with Crippen molar-refractivity contribution in [3.63, 3.8) is 0 Å². The number of carbonyl (C=O) groups excluding carboxylic acids is 2. The number of amides is 3. The fourth-order valence-electron chi connectivity index (χ4n) is 4.54. The summed E-state index contributed by atoms with van der Waals surface area (Å²) in [6.07, 6.45) is 14.0. The summed E-state index contributed by atoms with van der Waals surface area (Å²) in [6, 6.07) is 0.00666. The Labute approximate surface area is 145 Å². The summed E-state index contributed by atoms with van der Waals surface area (Å²) >= 11 is 0. The van der Waals surface area contributed by atoms with E-state index in [4.69, 9.17) is 0 Å². The summed E-state index contributed by atoms with van der Waals surface area (Å²) in [5, 5.41) is 6.28. The quantitative estimate of drug-likeness (QED) is 0.829. The Hall–Kier alpha value is -1.26. The first-order valence-corrected chi connectivity index (χ1v) is 10.1. The van der Waals surface area contributed by atoms with E-state index in [1.165, 1.54) is 51.4 Å². The van der Waals surface area contributed by atoms with Crippen LogP contribution >= 0.6 is 0 Å². The lowest BCUT2D eigenvalue weighted by Crippen LogP contribution is -2.52. The molecule has 2 saturated carbocycles. The van der Waals surface area contributed by atoms with Crippen molar-refractivity contribution in [3.8, 4) is 0 Å². The molecule has 1 atom stereocenters. The van der Waals surface area contributed by atoms with Gasteiger partial charge < -0.3 is 15.5 Å². The summed E-state index contributed by atoms with van der Waals surface area (Å²) in [7, 11) is 0. The van der Waals surface area contributed by atoms with E-state index in [-0.39, 0.29) is 18.0 Å². The lowest BCUT2D eigenvalue weighted by Gasteiger charge is -2.29. The molecule has 24 heavy (non-hydrogen) atoms. The Kier molecular flexibility index (Phi) is 6.38. The van der Waals surface area contributed by atoms with Gasteiger partial charge in [0.25, 0.3) is 0 Å². The molecule has 3 aliphatic rings. The van der Waals surface area contributed by atoms with Crippen molar-refractivity contribution in [2.24, 2.45) is 5.92 Å². The van der Waals surface area contributed by atoms with E-state index in [0.717, 1.165) is 32.2 Å². The highest BCUT2D eigenvalue weighted by molar-refractivity contribution is 5.87. The van der Waals surface area contributed by atoms with E-state index < -0.39 is 0 Å². The topological polar surface area (TPSA) is 61.4 Å². The van der Waals surface area contributed by atoms with Crippen molar-refractivity contribution in [1.82, 2.24) is 15.5 Å². The van der Waals surface area contributed by atoms with Crippen molar-refractivity contribution in [2.45, 2.75) is 89.1 Å². The highest BCUT2D eigenvalue weighted by atomic mass is 16.2. The molecule has 1 aliphatic heterocycles. The van der Waals surface area contributed by atoms with E-state index >= 15 is 0 Å². The van der Waals surface area contributed by atoms with E-state index in [9.17, 15) is 9.59 Å². The lowest BCUT2D eigenvalue weighted by atomic mass is 9.89. The minimum Gasteiger partial charge on any atom is -0.354 e. The van der Waals surface area contributed by atoms with Crippen LogP contribution in [-0.2, 0) is 4.79 Å². The number of hydrogen-bond donors (Lipinski definition) is 2. The third kappa shape index (κ3) is 4.64. The Balaban J connectivity index is 1.46. The molecule has 0 aromatic carbocycles. The summed E-state index contributed by atoms with van der Waals surface area (Å²) in [4.78, 5) is 26.9. The molecule has 5 nitrogen and oxygen atoms in total. The number of nitrogens with zero attached hydrogens (tertiary/aromatic N) is 1. The van der Waals surface area contributed by atoms with Gasteiger partial charge in [-0.25, -0.2) is 4.79 Å². The second kappa shape index (κ2) is 8.72. The maximum Gasteiger partial charge on any atom is 0.318 e. The fraction of sp³-hybridized carbons (Fsp3) is 0.895. The number of rotatable bonds is 4. The van der Waals surface area contributed by atoms with Crippen molar-refractivity contribution >= 4 is 11.9 Å². The van der Waals surface area contributed by atoms with Gasteiger partial charge in [-0.15, -0.1) is 0 Å². The van der Waals surface area contributed by atoms with Crippen LogP contribution in [0.1, 0.15) is 77.0 Å². The minimum absolute atomic E-state index is 0.0304. The molecule has 0 unspecified atom stereocenters. The summed E-state index contributed by atoms with van der Waals surface area (Å²) in [5.74, 6) is 0.686. The van der Waals surface area contributed by atoms with Gasteiger partial charge in [0.2, 0.25) is 5.91 Å². The second-order valence-corrected chi connectivity index (χ2v) is 7.89. The van der Waals surface area contributed by atoms with Crippen LogP contribution in [0.2, 0.25) is 0 Å². The molecule has 0 bridgehead atoms. The molecular weight excluding hydrogens is 302 g/mol. The van der Waals surface area contributed by atoms with Crippen LogP contribution in [0.25, 0.3) is 0 Å². The molecule has 0 aromatic rings. The van der Waals surface area contributed by atoms with Crippen molar-refractivity contribution in [2.75, 3.05) is 13.1 Å². The van der Waals surface area contributed by atoms with Gasteiger partial charge in [0.15, 0.2) is 0 Å². The van der Waals surface area contributed by atoms with Gasteiger partial charge in [-0.2, -0.15) is 0 Å². The molecular formula is C19H33N3O2. The van der Waals surface area contributed by atoms with Gasteiger partial charge >= 0.3 is 6.03 Å². The molecule has 1 saturated heterocycles.